The van der Waals surface area contributed by atoms with Crippen LogP contribution in [0.5, 0.6) is 0 Å². The van der Waals surface area contributed by atoms with Crippen LogP contribution in [0.2, 0.25) is 0 Å². The summed E-state index contributed by atoms with van der Waals surface area (Å²) in [6.07, 6.45) is 0. The number of benzene rings is 10. The van der Waals surface area contributed by atoms with Crippen molar-refractivity contribution in [1.82, 2.24) is 0 Å². The van der Waals surface area contributed by atoms with Gasteiger partial charge in [-0.15, -0.1) is 0 Å². The summed E-state index contributed by atoms with van der Waals surface area (Å²) in [7, 11) is 0. The van der Waals surface area contributed by atoms with E-state index in [1.54, 1.807) is 0 Å². The van der Waals surface area contributed by atoms with Crippen molar-refractivity contribution in [2.75, 3.05) is 0 Å². The van der Waals surface area contributed by atoms with Crippen molar-refractivity contribution in [1.29, 1.82) is 0 Å². The molecular weight excluding hydrogens is 769 g/mol. The topological polar surface area (TPSA) is 0 Å². The van der Waals surface area contributed by atoms with Crippen molar-refractivity contribution in [3.63, 3.8) is 0 Å². The molecule has 0 aliphatic rings. The second kappa shape index (κ2) is 26.4. The van der Waals surface area contributed by atoms with Gasteiger partial charge >= 0.3 is 0 Å². The maximum absolute atomic E-state index is 2.30. The quantitative estimate of drug-likeness (QED) is 0.133. The van der Waals surface area contributed by atoms with E-state index in [1.807, 2.05) is 55.4 Å². The van der Waals surface area contributed by atoms with Gasteiger partial charge in [-0.3, -0.25) is 0 Å². The lowest BCUT2D eigenvalue weighted by Gasteiger charge is -2.07. The van der Waals surface area contributed by atoms with Crippen LogP contribution < -0.4 is 0 Å². The maximum atomic E-state index is 2.30. The van der Waals surface area contributed by atoms with Gasteiger partial charge in [0.15, 0.2) is 0 Å². The number of hydrogen-bond donors (Lipinski definition) is 0. The molecule has 0 heteroatoms. The Morgan fingerprint density at radius 3 is 0.844 bits per heavy atom. The summed E-state index contributed by atoms with van der Waals surface area (Å²) in [6.45, 7) is 33.4. The van der Waals surface area contributed by atoms with Gasteiger partial charge in [0.05, 0.1) is 0 Å². The van der Waals surface area contributed by atoms with Crippen LogP contribution in [0, 0.1) is 55.4 Å². The van der Waals surface area contributed by atoms with Gasteiger partial charge in [0.25, 0.3) is 0 Å². The molecule has 0 heterocycles. The highest BCUT2D eigenvalue weighted by Crippen LogP contribution is 2.28. The lowest BCUT2D eigenvalue weighted by molar-refractivity contribution is 1.37. The highest BCUT2D eigenvalue weighted by atomic mass is 14.1. The van der Waals surface area contributed by atoms with E-state index in [-0.39, 0.29) is 0 Å². The molecular formula is C64H76. The molecule has 0 saturated heterocycles. The molecule has 0 atom stereocenters. The normalized spacial score (nSPS) is 9.88. The first-order chi connectivity index (χ1) is 31.0. The van der Waals surface area contributed by atoms with E-state index in [2.05, 4.69) is 225 Å². The predicted octanol–water partition coefficient (Wildman–Crippen LogP) is 20.2. The van der Waals surface area contributed by atoms with Crippen LogP contribution in [-0.2, 0) is 0 Å². The van der Waals surface area contributed by atoms with Crippen molar-refractivity contribution in [3.8, 4) is 0 Å². The van der Waals surface area contributed by atoms with Crippen molar-refractivity contribution >= 4 is 64.6 Å². The molecule has 0 nitrogen and oxygen atoms in total. The third kappa shape index (κ3) is 13.4. The SMILES string of the molecule is CC.CC.CC.CC.Cc1cc2cc3ccccc3cc2cc1C.Cc1cc2ccccc2cc1C.Cc1ccc2cc3ccccc3cc2c1C.Cc1ccc2ccccc2c1C. The van der Waals surface area contributed by atoms with Gasteiger partial charge in [0.2, 0.25) is 0 Å². The summed E-state index contributed by atoms with van der Waals surface area (Å²) in [5, 5.41) is 16.0. The average molecular weight is 845 g/mol. The van der Waals surface area contributed by atoms with Gasteiger partial charge in [-0.1, -0.05) is 201 Å². The summed E-state index contributed by atoms with van der Waals surface area (Å²) in [4.78, 5) is 0. The number of fused-ring (bicyclic) bond motifs is 6. The first-order valence-corrected chi connectivity index (χ1v) is 23.7. The molecule has 10 aromatic rings. The standard InChI is InChI=1S/2C16H14.2C12H12.4C2H6/c1-11-7-15-9-13-5-3-4-6-14(13)10-16(15)8-12(11)2;1-11-7-8-15-9-13-5-3-4-6-14(13)10-16(15)12(11)2;1-9-7-11-5-3-4-6-12(11)8-10(9)2;1-9-7-8-11-5-3-4-6-12(11)10(9)2;4*1-2/h2*3-10H,1-2H3;2*3-8H,1-2H3;4*1-2H3. The molecule has 0 aliphatic carbocycles. The summed E-state index contributed by atoms with van der Waals surface area (Å²) in [5.41, 5.74) is 11.0. The third-order valence-corrected chi connectivity index (χ3v) is 11.6. The van der Waals surface area contributed by atoms with Crippen molar-refractivity contribution in [2.45, 2.75) is 111 Å². The molecule has 0 saturated carbocycles. The smallest absolute Gasteiger partial charge is 0.0146 e. The lowest BCUT2D eigenvalue weighted by Crippen LogP contribution is -1.84. The highest BCUT2D eigenvalue weighted by Gasteiger charge is 2.03. The minimum atomic E-state index is 1.32. The molecule has 10 aromatic carbocycles. The Bertz CT molecular complexity index is 2860. The highest BCUT2D eigenvalue weighted by molar-refractivity contribution is 6.00. The van der Waals surface area contributed by atoms with E-state index in [0.29, 0.717) is 0 Å². The second-order valence-corrected chi connectivity index (χ2v) is 15.4. The fraction of sp³-hybridized carbons (Fsp3) is 0.250. The molecule has 0 unspecified atom stereocenters. The summed E-state index contributed by atoms with van der Waals surface area (Å²) in [5.74, 6) is 0. The Kier molecular flexibility index (Phi) is 21.5. The summed E-state index contributed by atoms with van der Waals surface area (Å²) >= 11 is 0. The monoisotopic (exact) mass is 845 g/mol. The Morgan fingerprint density at radius 2 is 0.453 bits per heavy atom. The maximum Gasteiger partial charge on any atom is -0.0146 e. The predicted molar refractivity (Wildman–Crippen MR) is 294 cm³/mol. The van der Waals surface area contributed by atoms with Crippen LogP contribution in [0.4, 0.5) is 0 Å². The van der Waals surface area contributed by atoms with E-state index >= 15 is 0 Å². The lowest BCUT2D eigenvalue weighted by atomic mass is 9.97. The molecule has 10 rings (SSSR count). The summed E-state index contributed by atoms with van der Waals surface area (Å²) in [6, 6.07) is 61.0. The van der Waals surface area contributed by atoms with Crippen LogP contribution in [0.15, 0.2) is 170 Å². The zero-order chi connectivity index (χ0) is 47.3. The molecule has 0 radical (unpaired) electrons. The van der Waals surface area contributed by atoms with E-state index in [4.69, 9.17) is 0 Å². The van der Waals surface area contributed by atoms with Crippen molar-refractivity contribution < 1.29 is 0 Å². The van der Waals surface area contributed by atoms with E-state index in [9.17, 15) is 0 Å². The van der Waals surface area contributed by atoms with Crippen LogP contribution in [0.25, 0.3) is 64.6 Å². The Morgan fingerprint density at radius 1 is 0.188 bits per heavy atom. The Balaban J connectivity index is 0.000000217. The number of aryl methyl sites for hydroxylation is 8. The average Bonchev–Trinajstić information content (AvgIpc) is 3.34. The number of hydrogen-bond acceptors (Lipinski definition) is 0. The largest absolute Gasteiger partial charge is 0.0683 e. The molecule has 0 aliphatic heterocycles. The van der Waals surface area contributed by atoms with Crippen LogP contribution in [0.1, 0.15) is 99.9 Å². The van der Waals surface area contributed by atoms with Gasteiger partial charge < -0.3 is 0 Å². The first-order valence-electron chi connectivity index (χ1n) is 23.7. The number of rotatable bonds is 0. The van der Waals surface area contributed by atoms with E-state index in [0.717, 1.165) is 0 Å². The van der Waals surface area contributed by atoms with Gasteiger partial charge in [0.1, 0.15) is 0 Å². The fourth-order valence-corrected chi connectivity index (χ4v) is 7.50. The fourth-order valence-electron chi connectivity index (χ4n) is 7.50. The minimum Gasteiger partial charge on any atom is -0.0683 e. The summed E-state index contributed by atoms with van der Waals surface area (Å²) < 4.78 is 0. The van der Waals surface area contributed by atoms with Crippen LogP contribution >= 0.6 is 0 Å². The van der Waals surface area contributed by atoms with Gasteiger partial charge in [-0.25, -0.2) is 0 Å². The minimum absolute atomic E-state index is 1.32. The molecule has 64 heavy (non-hydrogen) atoms. The third-order valence-electron chi connectivity index (χ3n) is 11.6. The van der Waals surface area contributed by atoms with Gasteiger partial charge in [0, 0.05) is 0 Å². The van der Waals surface area contributed by atoms with E-state index in [1.165, 1.54) is 109 Å². The first kappa shape index (κ1) is 52.1. The Labute approximate surface area is 388 Å². The van der Waals surface area contributed by atoms with Gasteiger partial charge in [-0.05, 0) is 189 Å². The molecule has 0 aromatic heterocycles. The second-order valence-electron chi connectivity index (χ2n) is 15.4. The Hall–Kier alpha value is -6.24. The molecule has 0 amide bonds. The molecule has 0 bridgehead atoms. The van der Waals surface area contributed by atoms with Crippen molar-refractivity contribution in [2.24, 2.45) is 0 Å². The molecule has 0 fully saturated rings. The van der Waals surface area contributed by atoms with Gasteiger partial charge in [-0.2, -0.15) is 0 Å². The van der Waals surface area contributed by atoms with Crippen LogP contribution in [0.3, 0.4) is 0 Å². The van der Waals surface area contributed by atoms with Crippen LogP contribution in [-0.4, -0.2) is 0 Å². The zero-order valence-corrected chi connectivity index (χ0v) is 42.2. The molecule has 332 valence electrons. The zero-order valence-electron chi connectivity index (χ0n) is 42.2. The van der Waals surface area contributed by atoms with E-state index < -0.39 is 0 Å². The molecule has 0 spiro atoms. The van der Waals surface area contributed by atoms with Crippen molar-refractivity contribution in [3.05, 3.63) is 214 Å². The molecule has 0 N–H and O–H groups in total.